The molecule has 2 N–H and O–H groups in total. The van der Waals surface area contributed by atoms with Gasteiger partial charge in [-0.05, 0) is 43.4 Å². The number of para-hydroxylation sites is 3. The summed E-state index contributed by atoms with van der Waals surface area (Å²) in [7, 11) is 1.56. The van der Waals surface area contributed by atoms with Crippen molar-refractivity contribution in [1.29, 1.82) is 0 Å². The van der Waals surface area contributed by atoms with Gasteiger partial charge in [-0.25, -0.2) is 8.78 Å². The van der Waals surface area contributed by atoms with E-state index in [1.807, 2.05) is 19.1 Å². The number of halogens is 2. The summed E-state index contributed by atoms with van der Waals surface area (Å²) in [5.74, 6) is -0.194. The number of hydrogen-bond acceptors (Lipinski definition) is 3. The third kappa shape index (κ3) is 4.79. The van der Waals surface area contributed by atoms with Crippen LogP contribution in [-0.2, 0) is 0 Å². The molecule has 0 saturated carbocycles. The van der Waals surface area contributed by atoms with Crippen LogP contribution in [0.25, 0.3) is 0 Å². The van der Waals surface area contributed by atoms with Crippen molar-refractivity contribution in [2.45, 2.75) is 13.0 Å². The molecule has 0 aliphatic carbocycles. The molecule has 0 fully saturated rings. The number of nitrogens with one attached hydrogen (secondary N) is 2. The number of anilines is 1. The smallest absolute Gasteiger partial charge is 0.171 e. The molecule has 2 aromatic carbocycles. The molecule has 0 heterocycles. The summed E-state index contributed by atoms with van der Waals surface area (Å²) in [6.07, 6.45) is 0. The maximum Gasteiger partial charge on any atom is 0.171 e. The Kier molecular flexibility index (Phi) is 6.31. The van der Waals surface area contributed by atoms with Crippen LogP contribution >= 0.6 is 12.2 Å². The number of hydrogen-bond donors (Lipinski definition) is 2. The Hall–Kier alpha value is -2.41. The van der Waals surface area contributed by atoms with Gasteiger partial charge in [0.05, 0.1) is 13.2 Å². The Morgan fingerprint density at radius 2 is 1.71 bits per heavy atom. The topological polar surface area (TPSA) is 42.5 Å². The molecular weight excluding hydrogens is 334 g/mol. The summed E-state index contributed by atoms with van der Waals surface area (Å²) in [5.41, 5.74) is -0.284. The lowest BCUT2D eigenvalue weighted by Gasteiger charge is -2.18. The largest absolute Gasteiger partial charge is 0.493 e. The first-order valence-electron chi connectivity index (χ1n) is 7.28. The van der Waals surface area contributed by atoms with Gasteiger partial charge >= 0.3 is 0 Å². The SMILES string of the molecule is COc1ccccc1OC[C@H](C)NC(=S)Nc1c(F)cccc1F. The highest BCUT2D eigenvalue weighted by Crippen LogP contribution is 2.25. The maximum absolute atomic E-state index is 13.6. The quantitative estimate of drug-likeness (QED) is 0.776. The second-order valence-corrected chi connectivity index (χ2v) is 5.47. The molecule has 128 valence electrons. The highest BCUT2D eigenvalue weighted by atomic mass is 32.1. The van der Waals surface area contributed by atoms with Gasteiger partial charge in [0.2, 0.25) is 0 Å². The standard InChI is InChI=1S/C17H18F2N2O2S/c1-11(10-23-15-9-4-3-8-14(15)22-2)20-17(24)21-16-12(18)6-5-7-13(16)19/h3-9,11H,10H2,1-2H3,(H2,20,21,24)/t11-/m0/s1. The van der Waals surface area contributed by atoms with Crippen LogP contribution in [0.1, 0.15) is 6.92 Å². The van der Waals surface area contributed by atoms with Crippen molar-refractivity contribution in [1.82, 2.24) is 5.32 Å². The van der Waals surface area contributed by atoms with Crippen molar-refractivity contribution >= 4 is 23.0 Å². The van der Waals surface area contributed by atoms with Gasteiger partial charge in [-0.15, -0.1) is 0 Å². The first-order valence-corrected chi connectivity index (χ1v) is 7.69. The van der Waals surface area contributed by atoms with Gasteiger partial charge in [-0.3, -0.25) is 0 Å². The molecule has 0 aromatic heterocycles. The molecule has 0 aliphatic heterocycles. The third-order valence-corrected chi connectivity index (χ3v) is 3.36. The molecule has 24 heavy (non-hydrogen) atoms. The zero-order valence-electron chi connectivity index (χ0n) is 13.3. The van der Waals surface area contributed by atoms with Crippen molar-refractivity contribution in [3.8, 4) is 11.5 Å². The molecule has 7 heteroatoms. The summed E-state index contributed by atoms with van der Waals surface area (Å²) < 4.78 is 38.0. The first-order chi connectivity index (χ1) is 11.5. The van der Waals surface area contributed by atoms with Crippen LogP contribution in [0.3, 0.4) is 0 Å². The lowest BCUT2D eigenvalue weighted by atomic mass is 10.3. The monoisotopic (exact) mass is 352 g/mol. The van der Waals surface area contributed by atoms with E-state index >= 15 is 0 Å². The van der Waals surface area contributed by atoms with E-state index in [1.165, 1.54) is 6.07 Å². The predicted molar refractivity (Wildman–Crippen MR) is 93.7 cm³/mol. The minimum Gasteiger partial charge on any atom is -0.493 e. The Balaban J connectivity index is 1.88. The van der Waals surface area contributed by atoms with E-state index in [0.29, 0.717) is 18.1 Å². The lowest BCUT2D eigenvalue weighted by Crippen LogP contribution is -2.39. The average Bonchev–Trinajstić information content (AvgIpc) is 2.56. The summed E-state index contributed by atoms with van der Waals surface area (Å²) in [5, 5.41) is 5.54. The van der Waals surface area contributed by atoms with Crippen molar-refractivity contribution in [3.63, 3.8) is 0 Å². The van der Waals surface area contributed by atoms with Gasteiger partial charge in [0.25, 0.3) is 0 Å². The van der Waals surface area contributed by atoms with Crippen LogP contribution in [-0.4, -0.2) is 24.9 Å². The van der Waals surface area contributed by atoms with Crippen LogP contribution in [0.5, 0.6) is 11.5 Å². The van der Waals surface area contributed by atoms with Gasteiger partial charge in [-0.2, -0.15) is 0 Å². The third-order valence-electron chi connectivity index (χ3n) is 3.14. The highest BCUT2D eigenvalue weighted by Gasteiger charge is 2.12. The van der Waals surface area contributed by atoms with Crippen molar-refractivity contribution in [2.75, 3.05) is 19.0 Å². The Labute approximate surface area is 144 Å². The van der Waals surface area contributed by atoms with E-state index in [-0.39, 0.29) is 16.8 Å². The molecule has 1 atom stereocenters. The minimum atomic E-state index is -0.711. The second-order valence-electron chi connectivity index (χ2n) is 5.06. The van der Waals surface area contributed by atoms with E-state index < -0.39 is 11.6 Å². The van der Waals surface area contributed by atoms with Crippen LogP contribution in [0.15, 0.2) is 42.5 Å². The molecule has 0 aliphatic rings. The van der Waals surface area contributed by atoms with Gasteiger partial charge in [0.15, 0.2) is 16.6 Å². The summed E-state index contributed by atoms with van der Waals surface area (Å²) in [6, 6.07) is 10.7. The van der Waals surface area contributed by atoms with Gasteiger partial charge < -0.3 is 20.1 Å². The van der Waals surface area contributed by atoms with E-state index in [0.717, 1.165) is 12.1 Å². The number of ether oxygens (including phenoxy) is 2. The van der Waals surface area contributed by atoms with Crippen molar-refractivity contribution < 1.29 is 18.3 Å². The average molecular weight is 352 g/mol. The fourth-order valence-electron chi connectivity index (χ4n) is 1.99. The highest BCUT2D eigenvalue weighted by molar-refractivity contribution is 7.80. The zero-order valence-corrected chi connectivity index (χ0v) is 14.1. The first kappa shape index (κ1) is 17.9. The molecule has 0 radical (unpaired) electrons. The minimum absolute atomic E-state index is 0.107. The number of methoxy groups -OCH3 is 1. The second kappa shape index (κ2) is 8.44. The number of benzene rings is 2. The zero-order chi connectivity index (χ0) is 17.5. The maximum atomic E-state index is 13.6. The lowest BCUT2D eigenvalue weighted by molar-refractivity contribution is 0.270. The molecule has 0 saturated heterocycles. The van der Waals surface area contributed by atoms with E-state index in [9.17, 15) is 8.78 Å². The van der Waals surface area contributed by atoms with Crippen LogP contribution < -0.4 is 20.1 Å². The van der Waals surface area contributed by atoms with Gasteiger partial charge in [0, 0.05) is 0 Å². The molecule has 4 nitrogen and oxygen atoms in total. The number of rotatable bonds is 6. The molecule has 0 spiro atoms. The fraction of sp³-hybridized carbons (Fsp3) is 0.235. The summed E-state index contributed by atoms with van der Waals surface area (Å²) >= 11 is 5.08. The molecule has 2 aromatic rings. The van der Waals surface area contributed by atoms with Crippen LogP contribution in [0.4, 0.5) is 14.5 Å². The summed E-state index contributed by atoms with van der Waals surface area (Å²) in [4.78, 5) is 0. The van der Waals surface area contributed by atoms with E-state index in [4.69, 9.17) is 21.7 Å². The van der Waals surface area contributed by atoms with E-state index in [2.05, 4.69) is 10.6 Å². The fourth-order valence-corrected chi connectivity index (χ4v) is 2.29. The van der Waals surface area contributed by atoms with Crippen molar-refractivity contribution in [3.05, 3.63) is 54.1 Å². The Morgan fingerprint density at radius 3 is 2.33 bits per heavy atom. The summed E-state index contributed by atoms with van der Waals surface area (Å²) in [6.45, 7) is 2.13. The van der Waals surface area contributed by atoms with Gasteiger partial charge in [-0.1, -0.05) is 18.2 Å². The van der Waals surface area contributed by atoms with Crippen molar-refractivity contribution in [2.24, 2.45) is 0 Å². The molecular formula is C17H18F2N2O2S. The van der Waals surface area contributed by atoms with Gasteiger partial charge in [0.1, 0.15) is 23.9 Å². The normalized spacial score (nSPS) is 11.5. The Morgan fingerprint density at radius 1 is 1.08 bits per heavy atom. The molecule has 0 unspecified atom stereocenters. The number of thiocarbonyl (C=S) groups is 1. The molecule has 2 rings (SSSR count). The Bertz CT molecular complexity index is 692. The van der Waals surface area contributed by atoms with E-state index in [1.54, 1.807) is 19.2 Å². The predicted octanol–water partition coefficient (Wildman–Crippen LogP) is 3.73. The van der Waals surface area contributed by atoms with Crippen LogP contribution in [0, 0.1) is 11.6 Å². The molecule has 0 amide bonds. The van der Waals surface area contributed by atoms with Crippen LogP contribution in [0.2, 0.25) is 0 Å². The molecule has 0 bridgehead atoms.